The van der Waals surface area contributed by atoms with Crippen LogP contribution in [0.2, 0.25) is 0 Å². The van der Waals surface area contributed by atoms with Gasteiger partial charge in [-0.1, -0.05) is 0 Å². The van der Waals surface area contributed by atoms with Crippen molar-refractivity contribution in [2.24, 2.45) is 0 Å². The van der Waals surface area contributed by atoms with Crippen LogP contribution in [-0.2, 0) is 11.3 Å². The van der Waals surface area contributed by atoms with E-state index in [1.54, 1.807) is 0 Å². The summed E-state index contributed by atoms with van der Waals surface area (Å²) in [6.07, 6.45) is -0.633. The zero-order valence-corrected chi connectivity index (χ0v) is 14.2. The topological polar surface area (TPSA) is 38.8 Å². The van der Waals surface area contributed by atoms with Gasteiger partial charge in [0, 0.05) is 5.56 Å². The highest BCUT2D eigenvalue weighted by Crippen LogP contribution is 2.34. The third-order valence-corrected chi connectivity index (χ3v) is 3.48. The number of halogens is 2. The quantitative estimate of drug-likeness (QED) is 0.699. The lowest BCUT2D eigenvalue weighted by molar-refractivity contribution is 0.0188. The highest BCUT2D eigenvalue weighted by atomic mass is 79.9. The van der Waals surface area contributed by atoms with Crippen molar-refractivity contribution in [1.82, 2.24) is 4.90 Å². The lowest BCUT2D eigenvalue weighted by atomic mass is 10.2. The van der Waals surface area contributed by atoms with E-state index in [0.717, 1.165) is 0 Å². The van der Waals surface area contributed by atoms with E-state index in [2.05, 4.69) is 15.9 Å². The Balaban J connectivity index is 2.29. The van der Waals surface area contributed by atoms with Crippen LogP contribution in [-0.4, -0.2) is 29.2 Å². The number of benzene rings is 1. The van der Waals surface area contributed by atoms with Crippen molar-refractivity contribution in [2.45, 2.75) is 45.9 Å². The van der Waals surface area contributed by atoms with Gasteiger partial charge in [-0.05, 0) is 55.8 Å². The Kier molecular flexibility index (Phi) is 4.46. The maximum Gasteiger partial charge on any atom is 0.410 e. The number of amides is 1. The van der Waals surface area contributed by atoms with Gasteiger partial charge in [-0.25, -0.2) is 9.18 Å². The van der Waals surface area contributed by atoms with E-state index in [1.165, 1.54) is 17.0 Å². The van der Waals surface area contributed by atoms with E-state index in [4.69, 9.17) is 9.47 Å². The number of fused-ring (bicyclic) bond motifs is 1. The first kappa shape index (κ1) is 16.1. The summed E-state index contributed by atoms with van der Waals surface area (Å²) < 4.78 is 25.3. The first-order valence-electron chi connectivity index (χ1n) is 6.78. The number of carbonyl (C=O) groups excluding carboxylic acids is 1. The molecule has 0 unspecified atom stereocenters. The summed E-state index contributed by atoms with van der Waals surface area (Å²) in [4.78, 5) is 13.8. The van der Waals surface area contributed by atoms with Gasteiger partial charge >= 0.3 is 6.09 Å². The predicted octanol–water partition coefficient (Wildman–Crippen LogP) is 4.11. The van der Waals surface area contributed by atoms with E-state index in [1.807, 2.05) is 27.7 Å². The van der Waals surface area contributed by atoms with E-state index < -0.39 is 11.7 Å². The summed E-state index contributed by atoms with van der Waals surface area (Å²) in [6.45, 7) is 7.94. The van der Waals surface area contributed by atoms with Crippen LogP contribution in [0.1, 0.15) is 33.3 Å². The van der Waals surface area contributed by atoms with Gasteiger partial charge in [0.1, 0.15) is 23.3 Å². The van der Waals surface area contributed by atoms with Crippen molar-refractivity contribution in [1.29, 1.82) is 0 Å². The van der Waals surface area contributed by atoms with Gasteiger partial charge in [0.25, 0.3) is 0 Å². The number of carbonyl (C=O) groups is 1. The SMILES string of the molecule is C[C@H]1CN(C(=O)OC(C)(C)C)Cc2cc(F)cc(Br)c2O1. The molecule has 0 N–H and O–H groups in total. The molecule has 1 atom stereocenters. The average Bonchev–Trinajstić information content (AvgIpc) is 2.46. The summed E-state index contributed by atoms with van der Waals surface area (Å²) in [5, 5.41) is 0. The van der Waals surface area contributed by atoms with Crippen LogP contribution in [0.4, 0.5) is 9.18 Å². The summed E-state index contributed by atoms with van der Waals surface area (Å²) in [6, 6.07) is 2.74. The van der Waals surface area contributed by atoms with Gasteiger partial charge in [0.2, 0.25) is 0 Å². The number of rotatable bonds is 0. The van der Waals surface area contributed by atoms with Crippen molar-refractivity contribution in [3.8, 4) is 5.75 Å². The fraction of sp³-hybridized carbons (Fsp3) is 0.533. The van der Waals surface area contributed by atoms with Crippen LogP contribution >= 0.6 is 15.9 Å². The second-order valence-corrected chi connectivity index (χ2v) is 7.02. The second-order valence-electron chi connectivity index (χ2n) is 6.17. The molecule has 0 saturated carbocycles. The smallest absolute Gasteiger partial charge is 0.410 e. The van der Waals surface area contributed by atoms with E-state index in [9.17, 15) is 9.18 Å². The predicted molar refractivity (Wildman–Crippen MR) is 80.8 cm³/mol. The molecule has 0 radical (unpaired) electrons. The fourth-order valence-corrected chi connectivity index (χ4v) is 2.71. The van der Waals surface area contributed by atoms with Crippen molar-refractivity contribution < 1.29 is 18.7 Å². The van der Waals surface area contributed by atoms with Gasteiger partial charge in [0.15, 0.2) is 0 Å². The monoisotopic (exact) mass is 359 g/mol. The molecule has 1 aliphatic rings. The molecule has 0 saturated heterocycles. The van der Waals surface area contributed by atoms with Gasteiger partial charge in [-0.3, -0.25) is 0 Å². The summed E-state index contributed by atoms with van der Waals surface area (Å²) in [7, 11) is 0. The first-order chi connectivity index (χ1) is 9.65. The van der Waals surface area contributed by atoms with Crippen molar-refractivity contribution in [3.05, 3.63) is 28.0 Å². The lowest BCUT2D eigenvalue weighted by Crippen LogP contribution is -2.39. The molecule has 0 fully saturated rings. The maximum absolute atomic E-state index is 13.6. The van der Waals surface area contributed by atoms with E-state index in [0.29, 0.717) is 22.3 Å². The minimum atomic E-state index is -0.571. The van der Waals surface area contributed by atoms with Crippen LogP contribution in [0, 0.1) is 5.82 Å². The maximum atomic E-state index is 13.6. The van der Waals surface area contributed by atoms with Crippen molar-refractivity contribution in [2.75, 3.05) is 6.54 Å². The molecule has 0 spiro atoms. The molecule has 6 heteroatoms. The Morgan fingerprint density at radius 1 is 1.48 bits per heavy atom. The number of hydrogen-bond acceptors (Lipinski definition) is 3. The van der Waals surface area contributed by atoms with Crippen LogP contribution in [0.15, 0.2) is 16.6 Å². The zero-order chi connectivity index (χ0) is 15.8. The molecule has 0 bridgehead atoms. The molecular weight excluding hydrogens is 341 g/mol. The van der Waals surface area contributed by atoms with Gasteiger partial charge < -0.3 is 14.4 Å². The largest absolute Gasteiger partial charge is 0.487 e. The van der Waals surface area contributed by atoms with E-state index >= 15 is 0 Å². The molecule has 0 aliphatic carbocycles. The zero-order valence-electron chi connectivity index (χ0n) is 12.6. The van der Waals surface area contributed by atoms with Crippen molar-refractivity contribution >= 4 is 22.0 Å². The molecule has 1 aliphatic heterocycles. The third kappa shape index (κ3) is 4.09. The summed E-state index contributed by atoms with van der Waals surface area (Å²) in [5.74, 6) is 0.206. The highest BCUT2D eigenvalue weighted by molar-refractivity contribution is 9.10. The molecule has 21 heavy (non-hydrogen) atoms. The molecule has 116 valence electrons. The number of nitrogens with zero attached hydrogens (tertiary/aromatic N) is 1. The average molecular weight is 360 g/mol. The molecule has 1 heterocycles. The van der Waals surface area contributed by atoms with Gasteiger partial charge in [-0.2, -0.15) is 0 Å². The Hall–Kier alpha value is -1.30. The van der Waals surface area contributed by atoms with Gasteiger partial charge in [-0.15, -0.1) is 0 Å². The van der Waals surface area contributed by atoms with Gasteiger partial charge in [0.05, 0.1) is 17.6 Å². The Morgan fingerprint density at radius 2 is 2.14 bits per heavy atom. The van der Waals surface area contributed by atoms with E-state index in [-0.39, 0.29) is 18.5 Å². The van der Waals surface area contributed by atoms with Crippen LogP contribution in [0.3, 0.4) is 0 Å². The lowest BCUT2D eigenvalue weighted by Gasteiger charge is -2.27. The molecule has 1 aromatic carbocycles. The molecular formula is C15H19BrFNO3. The number of ether oxygens (including phenoxy) is 2. The molecule has 4 nitrogen and oxygen atoms in total. The standard InChI is InChI=1S/C15H19BrFNO3/c1-9-7-18(14(19)21-15(2,3)4)8-10-5-11(17)6-12(16)13(10)20-9/h5-6,9H,7-8H2,1-4H3/t9-/m0/s1. The van der Waals surface area contributed by atoms with Crippen LogP contribution in [0.5, 0.6) is 5.75 Å². The highest BCUT2D eigenvalue weighted by Gasteiger charge is 2.29. The van der Waals surface area contributed by atoms with Crippen LogP contribution in [0.25, 0.3) is 0 Å². The molecule has 2 rings (SSSR count). The summed E-state index contributed by atoms with van der Waals surface area (Å²) in [5.41, 5.74) is 0.0517. The second kappa shape index (κ2) is 5.83. The first-order valence-corrected chi connectivity index (χ1v) is 7.57. The Bertz CT molecular complexity index is 557. The number of hydrogen-bond donors (Lipinski definition) is 0. The minimum Gasteiger partial charge on any atom is -0.487 e. The molecule has 1 amide bonds. The fourth-order valence-electron chi connectivity index (χ4n) is 2.15. The molecule has 0 aromatic heterocycles. The normalized spacial score (nSPS) is 18.6. The summed E-state index contributed by atoms with van der Waals surface area (Å²) >= 11 is 3.30. The Morgan fingerprint density at radius 3 is 2.76 bits per heavy atom. The van der Waals surface area contributed by atoms with Crippen LogP contribution < -0.4 is 4.74 Å². The minimum absolute atomic E-state index is 0.208. The Labute approximate surface area is 132 Å². The molecule has 1 aromatic rings. The van der Waals surface area contributed by atoms with Crippen molar-refractivity contribution in [3.63, 3.8) is 0 Å². The third-order valence-electron chi connectivity index (χ3n) is 2.89.